The van der Waals surface area contributed by atoms with Crippen LogP contribution < -0.4 is 5.32 Å². The molecule has 0 saturated carbocycles. The van der Waals surface area contributed by atoms with Crippen molar-refractivity contribution in [1.29, 1.82) is 0 Å². The number of amides is 1. The molecule has 1 amide bonds. The molecule has 5 nitrogen and oxygen atoms in total. The van der Waals surface area contributed by atoms with Crippen molar-refractivity contribution >= 4 is 22.6 Å². The first-order chi connectivity index (χ1) is 13.2. The van der Waals surface area contributed by atoms with Gasteiger partial charge in [0.05, 0.1) is 6.04 Å². The predicted octanol–water partition coefficient (Wildman–Crippen LogP) is 4.37. The number of nitrogens with one attached hydrogen (secondary N) is 1. The van der Waals surface area contributed by atoms with E-state index in [0.29, 0.717) is 11.5 Å². The van der Waals surface area contributed by atoms with Gasteiger partial charge in [0, 0.05) is 5.39 Å². The van der Waals surface area contributed by atoms with E-state index in [1.165, 1.54) is 11.1 Å². The fraction of sp³-hybridized carbons (Fsp3) is 0.273. The maximum Gasteiger partial charge on any atom is 0.261 e. The molecule has 4 rings (SSSR count). The van der Waals surface area contributed by atoms with Gasteiger partial charge in [-0.05, 0) is 49.4 Å². The van der Waals surface area contributed by atoms with Crippen LogP contribution in [0.2, 0.25) is 0 Å². The SMILES string of the molecule is C/C(=N/OCC(=O)N[C@@H]1CCCc2ccccc21)c1cc2ccccc2o1. The van der Waals surface area contributed by atoms with Crippen LogP contribution >= 0.6 is 0 Å². The third kappa shape index (κ3) is 3.87. The van der Waals surface area contributed by atoms with E-state index >= 15 is 0 Å². The fourth-order valence-corrected chi connectivity index (χ4v) is 3.53. The van der Waals surface area contributed by atoms with Crippen LogP contribution in [0.4, 0.5) is 0 Å². The van der Waals surface area contributed by atoms with Gasteiger partial charge in [0.2, 0.25) is 0 Å². The molecule has 1 heterocycles. The van der Waals surface area contributed by atoms with Crippen LogP contribution in [0, 0.1) is 0 Å². The second-order valence-corrected chi connectivity index (χ2v) is 6.81. The van der Waals surface area contributed by atoms with Crippen LogP contribution in [0.25, 0.3) is 11.0 Å². The van der Waals surface area contributed by atoms with Crippen molar-refractivity contribution in [3.05, 3.63) is 71.5 Å². The summed E-state index contributed by atoms with van der Waals surface area (Å²) in [7, 11) is 0. The maximum absolute atomic E-state index is 12.3. The lowest BCUT2D eigenvalue weighted by molar-refractivity contribution is -0.126. The molecule has 1 atom stereocenters. The maximum atomic E-state index is 12.3. The second kappa shape index (κ2) is 7.66. The first kappa shape index (κ1) is 17.3. The summed E-state index contributed by atoms with van der Waals surface area (Å²) in [6, 6.07) is 18.0. The number of hydrogen-bond donors (Lipinski definition) is 1. The molecule has 0 spiro atoms. The molecule has 0 bridgehead atoms. The lowest BCUT2D eigenvalue weighted by atomic mass is 9.88. The molecular formula is C22H22N2O3. The molecule has 1 aromatic heterocycles. The smallest absolute Gasteiger partial charge is 0.261 e. The van der Waals surface area contributed by atoms with Gasteiger partial charge in [0.1, 0.15) is 11.3 Å². The van der Waals surface area contributed by atoms with Crippen molar-refractivity contribution in [2.24, 2.45) is 5.16 Å². The Balaban J connectivity index is 1.35. The number of nitrogens with zero attached hydrogens (tertiary/aromatic N) is 1. The van der Waals surface area contributed by atoms with Crippen LogP contribution in [0.5, 0.6) is 0 Å². The lowest BCUT2D eigenvalue weighted by Gasteiger charge is -2.26. The third-order valence-corrected chi connectivity index (χ3v) is 4.88. The zero-order valence-corrected chi connectivity index (χ0v) is 15.3. The first-order valence-corrected chi connectivity index (χ1v) is 9.23. The van der Waals surface area contributed by atoms with Gasteiger partial charge >= 0.3 is 0 Å². The minimum Gasteiger partial charge on any atom is -0.455 e. The molecule has 1 aliphatic carbocycles. The molecule has 0 unspecified atom stereocenters. The fourth-order valence-electron chi connectivity index (χ4n) is 3.53. The lowest BCUT2D eigenvalue weighted by Crippen LogP contribution is -2.33. The Morgan fingerprint density at radius 2 is 2.04 bits per heavy atom. The third-order valence-electron chi connectivity index (χ3n) is 4.88. The van der Waals surface area contributed by atoms with Gasteiger partial charge in [0.25, 0.3) is 5.91 Å². The van der Waals surface area contributed by atoms with Gasteiger partial charge < -0.3 is 14.6 Å². The standard InChI is InChI=1S/C22H22N2O3/c1-15(21-13-17-8-3-5-12-20(17)27-21)24-26-14-22(25)23-19-11-6-9-16-7-2-4-10-18(16)19/h2-5,7-8,10,12-13,19H,6,9,11,14H2,1H3,(H,23,25)/b24-15-/t19-/m1/s1. The normalized spacial score (nSPS) is 16.8. The summed E-state index contributed by atoms with van der Waals surface area (Å²) in [6.07, 6.45) is 3.09. The summed E-state index contributed by atoms with van der Waals surface area (Å²) < 4.78 is 5.74. The van der Waals surface area contributed by atoms with E-state index < -0.39 is 0 Å². The Labute approximate surface area is 158 Å². The second-order valence-electron chi connectivity index (χ2n) is 6.81. The number of furan rings is 1. The Hall–Kier alpha value is -3.08. The molecule has 0 radical (unpaired) electrons. The minimum absolute atomic E-state index is 0.0477. The Kier molecular flexibility index (Phi) is 4.92. The van der Waals surface area contributed by atoms with Crippen molar-refractivity contribution in [2.45, 2.75) is 32.2 Å². The van der Waals surface area contributed by atoms with E-state index in [4.69, 9.17) is 9.25 Å². The van der Waals surface area contributed by atoms with E-state index in [-0.39, 0.29) is 18.6 Å². The van der Waals surface area contributed by atoms with Gasteiger partial charge in [0.15, 0.2) is 12.4 Å². The van der Waals surface area contributed by atoms with Crippen molar-refractivity contribution in [3.8, 4) is 0 Å². The van der Waals surface area contributed by atoms with Crippen LogP contribution in [-0.2, 0) is 16.1 Å². The summed E-state index contributed by atoms with van der Waals surface area (Å²) in [5.41, 5.74) is 3.92. The number of oxime groups is 1. The highest BCUT2D eigenvalue weighted by Gasteiger charge is 2.21. The highest BCUT2D eigenvalue weighted by Crippen LogP contribution is 2.29. The monoisotopic (exact) mass is 362 g/mol. The highest BCUT2D eigenvalue weighted by molar-refractivity contribution is 5.99. The summed E-state index contributed by atoms with van der Waals surface area (Å²) in [5, 5.41) is 8.09. The molecule has 0 aliphatic heterocycles. The van der Waals surface area contributed by atoms with Gasteiger partial charge in [-0.25, -0.2) is 0 Å². The average molecular weight is 362 g/mol. The van der Waals surface area contributed by atoms with Crippen LogP contribution in [0.3, 0.4) is 0 Å². The number of benzene rings is 2. The molecule has 3 aromatic rings. The number of hydrogen-bond acceptors (Lipinski definition) is 4. The quantitative estimate of drug-likeness (QED) is 0.541. The Morgan fingerprint density at radius 1 is 1.22 bits per heavy atom. The Morgan fingerprint density at radius 3 is 2.93 bits per heavy atom. The zero-order chi connectivity index (χ0) is 18.6. The minimum atomic E-state index is -0.169. The largest absolute Gasteiger partial charge is 0.455 e. The van der Waals surface area contributed by atoms with Crippen LogP contribution in [-0.4, -0.2) is 18.2 Å². The van der Waals surface area contributed by atoms with Crippen LogP contribution in [0.15, 0.2) is 64.2 Å². The van der Waals surface area contributed by atoms with Crippen molar-refractivity contribution in [1.82, 2.24) is 5.32 Å². The molecule has 138 valence electrons. The van der Waals surface area contributed by atoms with E-state index in [1.807, 2.05) is 42.5 Å². The topological polar surface area (TPSA) is 63.8 Å². The molecule has 2 aromatic carbocycles. The molecule has 0 saturated heterocycles. The number of rotatable bonds is 5. The van der Waals surface area contributed by atoms with E-state index in [1.54, 1.807) is 6.92 Å². The Bertz CT molecular complexity index is 957. The summed E-state index contributed by atoms with van der Waals surface area (Å²) in [4.78, 5) is 17.5. The van der Waals surface area contributed by atoms with Crippen molar-refractivity contribution in [2.75, 3.05) is 6.61 Å². The number of para-hydroxylation sites is 1. The summed E-state index contributed by atoms with van der Waals surface area (Å²) in [5.74, 6) is 0.468. The number of aryl methyl sites for hydroxylation is 1. The van der Waals surface area contributed by atoms with E-state index in [2.05, 4.69) is 22.6 Å². The predicted molar refractivity (Wildman–Crippen MR) is 105 cm³/mol. The molecular weight excluding hydrogens is 340 g/mol. The molecule has 5 heteroatoms. The number of carbonyl (C=O) groups is 1. The number of carbonyl (C=O) groups excluding carboxylic acids is 1. The van der Waals surface area contributed by atoms with E-state index in [0.717, 1.165) is 30.2 Å². The highest BCUT2D eigenvalue weighted by atomic mass is 16.6. The van der Waals surface area contributed by atoms with Crippen molar-refractivity contribution in [3.63, 3.8) is 0 Å². The van der Waals surface area contributed by atoms with Gasteiger partial charge in [-0.3, -0.25) is 4.79 Å². The molecule has 27 heavy (non-hydrogen) atoms. The van der Waals surface area contributed by atoms with E-state index in [9.17, 15) is 4.79 Å². The molecule has 1 aliphatic rings. The van der Waals surface area contributed by atoms with Gasteiger partial charge in [-0.15, -0.1) is 0 Å². The van der Waals surface area contributed by atoms with Gasteiger partial charge in [-0.2, -0.15) is 0 Å². The molecule has 1 N–H and O–H groups in total. The molecule has 0 fully saturated rings. The average Bonchev–Trinajstić information content (AvgIpc) is 3.13. The number of fused-ring (bicyclic) bond motifs is 2. The van der Waals surface area contributed by atoms with Gasteiger partial charge in [-0.1, -0.05) is 47.6 Å². The first-order valence-electron chi connectivity index (χ1n) is 9.23. The summed E-state index contributed by atoms with van der Waals surface area (Å²) >= 11 is 0. The van der Waals surface area contributed by atoms with Crippen LogP contribution in [0.1, 0.15) is 42.7 Å². The van der Waals surface area contributed by atoms with Crippen molar-refractivity contribution < 1.29 is 14.0 Å². The zero-order valence-electron chi connectivity index (χ0n) is 15.3. The summed E-state index contributed by atoms with van der Waals surface area (Å²) in [6.45, 7) is 1.68.